The summed E-state index contributed by atoms with van der Waals surface area (Å²) in [4.78, 5) is 0. The van der Waals surface area contributed by atoms with Gasteiger partial charge in [-0.05, 0) is 0 Å². The Morgan fingerprint density at radius 1 is 0.857 bits per heavy atom. The first-order valence-electron chi connectivity index (χ1n) is 2.84. The highest BCUT2D eigenvalue weighted by atomic mass is 19.4. The van der Waals surface area contributed by atoms with Crippen molar-refractivity contribution in [3.05, 3.63) is 0 Å². The normalized spacial score (nSPS) is 12.5. The molecule has 0 spiro atoms. The van der Waals surface area contributed by atoms with Crippen molar-refractivity contribution < 1.29 is 26.3 Å². The third kappa shape index (κ3) is 2.87. The molecule has 4 nitrogen and oxygen atoms in total. The van der Waals surface area contributed by atoms with Crippen LogP contribution in [0.5, 0.6) is 0 Å². The molecule has 0 aliphatic heterocycles. The molecular weight excluding hydrogens is 218 g/mol. The van der Waals surface area contributed by atoms with Gasteiger partial charge in [-0.3, -0.25) is 10.8 Å². The number of hydrazine groups is 1. The van der Waals surface area contributed by atoms with Crippen LogP contribution >= 0.6 is 0 Å². The number of amidine groups is 2. The summed E-state index contributed by atoms with van der Waals surface area (Å²) in [6.45, 7) is 0. The maximum absolute atomic E-state index is 11.6. The van der Waals surface area contributed by atoms with Crippen LogP contribution in [-0.2, 0) is 0 Å². The zero-order valence-corrected chi connectivity index (χ0v) is 6.29. The van der Waals surface area contributed by atoms with Crippen molar-refractivity contribution in [3.8, 4) is 0 Å². The molecule has 0 rings (SSSR count). The molecule has 0 radical (unpaired) electrons. The molecule has 0 aromatic heterocycles. The van der Waals surface area contributed by atoms with Crippen LogP contribution in [0.15, 0.2) is 0 Å². The molecule has 0 aromatic carbocycles. The predicted molar refractivity (Wildman–Crippen MR) is 33.6 cm³/mol. The monoisotopic (exact) mass is 222 g/mol. The van der Waals surface area contributed by atoms with Crippen molar-refractivity contribution in [2.75, 3.05) is 0 Å². The summed E-state index contributed by atoms with van der Waals surface area (Å²) in [7, 11) is 0. The van der Waals surface area contributed by atoms with Gasteiger partial charge in [0.05, 0.1) is 0 Å². The van der Waals surface area contributed by atoms with Crippen LogP contribution in [0.1, 0.15) is 0 Å². The number of nitrogens with zero attached hydrogens (tertiary/aromatic N) is 1. The molecule has 0 aliphatic rings. The maximum atomic E-state index is 11.6. The number of hydrogen-bond donors (Lipinski definition) is 3. The van der Waals surface area contributed by atoms with Crippen LogP contribution in [0.4, 0.5) is 26.3 Å². The van der Waals surface area contributed by atoms with Gasteiger partial charge in [-0.15, -0.1) is 0 Å². The first kappa shape index (κ1) is 12.7. The number of nitrogens with one attached hydrogen (secondary N) is 2. The van der Waals surface area contributed by atoms with E-state index in [1.165, 1.54) is 0 Å². The number of alkyl halides is 6. The summed E-state index contributed by atoms with van der Waals surface area (Å²) < 4.78 is 69.8. The second-order valence-corrected chi connectivity index (χ2v) is 2.06. The van der Waals surface area contributed by atoms with Gasteiger partial charge < -0.3 is 0 Å². The molecule has 0 fully saturated rings. The lowest BCUT2D eigenvalue weighted by molar-refractivity contribution is -0.0783. The fraction of sp³-hybridized carbons (Fsp3) is 0.500. The molecular formula is C4H4F6N4. The summed E-state index contributed by atoms with van der Waals surface area (Å²) in [6.07, 6.45) is -10.7. The number of nitrogens with two attached hydrogens (primary N) is 1. The Morgan fingerprint density at radius 3 is 1.21 bits per heavy atom. The Morgan fingerprint density at radius 2 is 1.07 bits per heavy atom. The zero-order chi connectivity index (χ0) is 11.7. The topological polar surface area (TPSA) is 77.0 Å². The van der Waals surface area contributed by atoms with Crippen molar-refractivity contribution in [1.29, 1.82) is 10.8 Å². The van der Waals surface area contributed by atoms with E-state index in [0.29, 0.717) is 0 Å². The van der Waals surface area contributed by atoms with E-state index in [0.717, 1.165) is 0 Å². The molecule has 0 amide bonds. The molecule has 82 valence electrons. The lowest BCUT2D eigenvalue weighted by Crippen LogP contribution is -2.53. The van der Waals surface area contributed by atoms with E-state index in [2.05, 4.69) is 5.84 Å². The van der Waals surface area contributed by atoms with Gasteiger partial charge in [-0.25, -0.2) is 10.9 Å². The molecule has 0 aliphatic carbocycles. The predicted octanol–water partition coefficient (Wildman–Crippen LogP) is 1.24. The van der Waals surface area contributed by atoms with Gasteiger partial charge in [0.1, 0.15) is 0 Å². The maximum Gasteiger partial charge on any atom is 0.450 e. The van der Waals surface area contributed by atoms with Crippen molar-refractivity contribution in [3.63, 3.8) is 0 Å². The summed E-state index contributed by atoms with van der Waals surface area (Å²) in [5.74, 6) is -0.640. The zero-order valence-electron chi connectivity index (χ0n) is 6.29. The van der Waals surface area contributed by atoms with Crippen LogP contribution in [-0.4, -0.2) is 29.0 Å². The fourth-order valence-corrected chi connectivity index (χ4v) is 0.385. The van der Waals surface area contributed by atoms with Crippen LogP contribution < -0.4 is 5.84 Å². The lowest BCUT2D eigenvalue weighted by atomic mass is 10.4. The van der Waals surface area contributed by atoms with E-state index < -0.39 is 29.0 Å². The molecule has 0 bridgehead atoms. The minimum atomic E-state index is -5.33. The first-order valence-corrected chi connectivity index (χ1v) is 2.84. The number of rotatable bonds is 0. The van der Waals surface area contributed by atoms with Crippen LogP contribution in [0.25, 0.3) is 0 Å². The SMILES string of the molecule is N=C(N(N)C(=N)C(F)(F)F)C(F)(F)F. The van der Waals surface area contributed by atoms with Gasteiger partial charge in [0, 0.05) is 0 Å². The van der Waals surface area contributed by atoms with E-state index in [9.17, 15) is 26.3 Å². The highest BCUT2D eigenvalue weighted by Crippen LogP contribution is 2.22. The van der Waals surface area contributed by atoms with Gasteiger partial charge in [-0.2, -0.15) is 26.3 Å². The fourth-order valence-electron chi connectivity index (χ4n) is 0.385. The Labute approximate surface area is 73.3 Å². The Kier molecular flexibility index (Phi) is 3.12. The van der Waals surface area contributed by atoms with Gasteiger partial charge in [0.2, 0.25) is 11.7 Å². The smallest absolute Gasteiger partial charge is 0.279 e. The van der Waals surface area contributed by atoms with Gasteiger partial charge in [0.15, 0.2) is 0 Å². The Bertz CT molecular complexity index is 226. The Balaban J connectivity index is 4.74. The third-order valence-electron chi connectivity index (χ3n) is 1.02. The minimum Gasteiger partial charge on any atom is -0.279 e. The second-order valence-electron chi connectivity index (χ2n) is 2.06. The van der Waals surface area contributed by atoms with E-state index in [-0.39, 0.29) is 0 Å². The molecule has 10 heteroatoms. The molecule has 14 heavy (non-hydrogen) atoms. The molecule has 0 aromatic rings. The standard InChI is InChI=1S/C4H4F6N4/c5-3(6,7)1(11)14(13)2(12)4(8,9)10/h11-12H,13H2. The molecule has 0 heterocycles. The van der Waals surface area contributed by atoms with E-state index in [1.807, 2.05) is 0 Å². The number of hydrogen-bond acceptors (Lipinski definition) is 3. The van der Waals surface area contributed by atoms with Crippen molar-refractivity contribution in [2.24, 2.45) is 5.84 Å². The highest BCUT2D eigenvalue weighted by Gasteiger charge is 2.46. The number of halogens is 6. The van der Waals surface area contributed by atoms with Crippen molar-refractivity contribution >= 4 is 11.7 Å². The van der Waals surface area contributed by atoms with Crippen molar-refractivity contribution in [2.45, 2.75) is 12.4 Å². The second kappa shape index (κ2) is 3.44. The molecule has 0 saturated carbocycles. The summed E-state index contributed by atoms with van der Waals surface area (Å²) >= 11 is 0. The van der Waals surface area contributed by atoms with Gasteiger partial charge in [0.25, 0.3) is 0 Å². The van der Waals surface area contributed by atoms with E-state index >= 15 is 0 Å². The van der Waals surface area contributed by atoms with E-state index in [1.54, 1.807) is 0 Å². The summed E-state index contributed by atoms with van der Waals surface area (Å²) in [5, 5.41) is 11.3. The van der Waals surface area contributed by atoms with Crippen molar-refractivity contribution in [1.82, 2.24) is 5.01 Å². The average molecular weight is 222 g/mol. The van der Waals surface area contributed by atoms with Crippen LogP contribution in [0.3, 0.4) is 0 Å². The largest absolute Gasteiger partial charge is 0.450 e. The Hall–Kier alpha value is -1.32. The quantitative estimate of drug-likeness (QED) is 0.189. The van der Waals surface area contributed by atoms with E-state index in [4.69, 9.17) is 10.8 Å². The van der Waals surface area contributed by atoms with Crippen LogP contribution in [0.2, 0.25) is 0 Å². The molecule has 0 saturated heterocycles. The first-order chi connectivity index (χ1) is 5.98. The van der Waals surface area contributed by atoms with Gasteiger partial charge in [-0.1, -0.05) is 0 Å². The summed E-state index contributed by atoms with van der Waals surface area (Å²) in [6, 6.07) is 0. The highest BCUT2D eigenvalue weighted by molar-refractivity contribution is 6.02. The molecule has 0 atom stereocenters. The molecule has 0 unspecified atom stereocenters. The van der Waals surface area contributed by atoms with Gasteiger partial charge >= 0.3 is 12.4 Å². The average Bonchev–Trinajstić information content (AvgIpc) is 1.97. The summed E-state index contributed by atoms with van der Waals surface area (Å²) in [5.41, 5.74) is 0. The minimum absolute atomic E-state index is 1.08. The van der Waals surface area contributed by atoms with Crippen LogP contribution in [0, 0.1) is 10.8 Å². The lowest BCUT2D eigenvalue weighted by Gasteiger charge is -2.22. The molecule has 4 N–H and O–H groups in total. The third-order valence-corrected chi connectivity index (χ3v) is 1.02.